The van der Waals surface area contributed by atoms with Crippen LogP contribution in [0.4, 0.5) is 0 Å². The molecule has 1 rings (SSSR count). The van der Waals surface area contributed by atoms with Gasteiger partial charge in [0.1, 0.15) is 0 Å². The molecule has 17 heavy (non-hydrogen) atoms. The van der Waals surface area contributed by atoms with Gasteiger partial charge in [0, 0.05) is 19.3 Å². The molecule has 0 aromatic heterocycles. The highest BCUT2D eigenvalue weighted by atomic mass is 32.3. The summed E-state index contributed by atoms with van der Waals surface area (Å²) in [4.78, 5) is 10.8. The van der Waals surface area contributed by atoms with Gasteiger partial charge in [-0.3, -0.25) is 4.79 Å². The molecule has 0 saturated carbocycles. The Labute approximate surface area is 100 Å². The summed E-state index contributed by atoms with van der Waals surface area (Å²) in [7, 11) is -7.59. The van der Waals surface area contributed by atoms with Crippen molar-refractivity contribution in [3.05, 3.63) is 0 Å². The largest absolute Gasteiger partial charge is 0.481 e. The van der Waals surface area contributed by atoms with E-state index in [1.165, 1.54) is 0 Å². The molecule has 1 fully saturated rings. The number of nitrogens with zero attached hydrogens (tertiary/aromatic N) is 1. The highest BCUT2D eigenvalue weighted by Gasteiger charge is 2.40. The first-order chi connectivity index (χ1) is 7.53. The van der Waals surface area contributed by atoms with Crippen molar-refractivity contribution in [2.45, 2.75) is 6.92 Å². The molecule has 1 aliphatic rings. The topological polar surface area (TPSA) is 109 Å². The second kappa shape index (κ2) is 4.54. The average Bonchev–Trinajstić information content (AvgIpc) is 2.43. The van der Waals surface area contributed by atoms with E-state index in [1.54, 1.807) is 6.92 Å². The van der Waals surface area contributed by atoms with Gasteiger partial charge in [-0.05, 0) is 5.92 Å². The lowest BCUT2D eigenvalue weighted by Gasteiger charge is -2.14. The number of carboxylic acid groups (broad SMARTS) is 1. The monoisotopic (exact) mass is 285 g/mol. The van der Waals surface area contributed by atoms with Crippen LogP contribution in [0.15, 0.2) is 0 Å². The molecule has 0 amide bonds. The zero-order valence-corrected chi connectivity index (χ0v) is 11.2. The first-order valence-electron chi connectivity index (χ1n) is 4.91. The lowest BCUT2D eigenvalue weighted by Crippen LogP contribution is -2.34. The van der Waals surface area contributed by atoms with Crippen LogP contribution in [0.1, 0.15) is 6.92 Å². The molecule has 1 aliphatic heterocycles. The van der Waals surface area contributed by atoms with Crippen molar-refractivity contribution in [3.8, 4) is 0 Å². The molecule has 7 nitrogen and oxygen atoms in total. The first-order valence-corrected chi connectivity index (χ1v) is 8.58. The predicted molar refractivity (Wildman–Crippen MR) is 60.5 cm³/mol. The molecule has 1 saturated heterocycles. The number of carbonyl (C=O) groups is 1. The Kier molecular flexibility index (Phi) is 3.84. The maximum atomic E-state index is 11.7. The van der Waals surface area contributed by atoms with Gasteiger partial charge in [0.25, 0.3) is 0 Å². The average molecular weight is 285 g/mol. The Morgan fingerprint density at radius 3 is 2.18 bits per heavy atom. The molecule has 0 bridgehead atoms. The Balaban J connectivity index is 2.87. The standard InChI is InChI=1S/C8H15NO6S2/c1-6-3-9(4-7(6)8(10)11)17(14,15)5-16(2,12)13/h6-7H,3-5H2,1-2H3,(H,10,11)/t6-,7-/m1/s1. The Bertz CT molecular complexity index is 508. The lowest BCUT2D eigenvalue weighted by atomic mass is 9.99. The molecule has 2 atom stereocenters. The highest BCUT2D eigenvalue weighted by Crippen LogP contribution is 2.25. The number of hydrogen-bond acceptors (Lipinski definition) is 5. The van der Waals surface area contributed by atoms with Gasteiger partial charge in [-0.15, -0.1) is 0 Å². The van der Waals surface area contributed by atoms with Crippen LogP contribution in [-0.4, -0.2) is 56.6 Å². The van der Waals surface area contributed by atoms with Crippen LogP contribution in [0.25, 0.3) is 0 Å². The predicted octanol–water partition coefficient (Wildman–Crippen LogP) is -1.03. The number of sulfone groups is 1. The molecule has 9 heteroatoms. The van der Waals surface area contributed by atoms with Crippen molar-refractivity contribution in [2.24, 2.45) is 11.8 Å². The number of sulfonamides is 1. The minimum atomic E-state index is -3.94. The SMILES string of the molecule is C[C@@H]1CN(S(=O)(=O)CS(C)(=O)=O)C[C@H]1C(=O)O. The minimum Gasteiger partial charge on any atom is -0.481 e. The van der Waals surface area contributed by atoms with E-state index in [0.717, 1.165) is 10.6 Å². The summed E-state index contributed by atoms with van der Waals surface area (Å²) in [6.45, 7) is 1.53. The number of hydrogen-bond donors (Lipinski definition) is 1. The molecule has 0 unspecified atom stereocenters. The van der Waals surface area contributed by atoms with Gasteiger partial charge in [0.2, 0.25) is 10.0 Å². The van der Waals surface area contributed by atoms with E-state index in [2.05, 4.69) is 0 Å². The third-order valence-electron chi connectivity index (χ3n) is 2.65. The maximum absolute atomic E-state index is 11.7. The van der Waals surface area contributed by atoms with E-state index in [1.807, 2.05) is 0 Å². The third kappa shape index (κ3) is 3.65. The summed E-state index contributed by atoms with van der Waals surface area (Å²) in [6.07, 6.45) is 0.832. The lowest BCUT2D eigenvalue weighted by molar-refractivity contribution is -0.142. The van der Waals surface area contributed by atoms with E-state index in [9.17, 15) is 21.6 Å². The van der Waals surface area contributed by atoms with Crippen LogP contribution in [0.2, 0.25) is 0 Å². The summed E-state index contributed by atoms with van der Waals surface area (Å²) >= 11 is 0. The maximum Gasteiger partial charge on any atom is 0.308 e. The Morgan fingerprint density at radius 1 is 1.29 bits per heavy atom. The molecule has 0 aliphatic carbocycles. The number of rotatable bonds is 4. The van der Waals surface area contributed by atoms with Crippen LogP contribution < -0.4 is 0 Å². The minimum absolute atomic E-state index is 0.0504. The van der Waals surface area contributed by atoms with Crippen molar-refractivity contribution in [2.75, 3.05) is 24.4 Å². The molecule has 0 radical (unpaired) electrons. The summed E-state index contributed by atoms with van der Waals surface area (Å²) in [6, 6.07) is 0. The fraction of sp³-hybridized carbons (Fsp3) is 0.875. The van der Waals surface area contributed by atoms with Crippen LogP contribution in [-0.2, 0) is 24.7 Å². The molecular formula is C8H15NO6S2. The highest BCUT2D eigenvalue weighted by molar-refractivity contribution is 8.06. The molecule has 0 aromatic rings. The van der Waals surface area contributed by atoms with Gasteiger partial charge in [0.15, 0.2) is 14.9 Å². The van der Waals surface area contributed by atoms with Gasteiger partial charge >= 0.3 is 5.97 Å². The van der Waals surface area contributed by atoms with Crippen molar-refractivity contribution < 1.29 is 26.7 Å². The Hall–Kier alpha value is -0.670. The Morgan fingerprint density at radius 2 is 1.82 bits per heavy atom. The first kappa shape index (κ1) is 14.4. The zero-order chi connectivity index (χ0) is 13.4. The third-order valence-corrected chi connectivity index (χ3v) is 6.64. The number of carboxylic acids is 1. The van der Waals surface area contributed by atoms with Gasteiger partial charge in [-0.1, -0.05) is 6.92 Å². The van der Waals surface area contributed by atoms with Gasteiger partial charge in [-0.2, -0.15) is 4.31 Å². The molecule has 0 aromatic carbocycles. The fourth-order valence-corrected chi connectivity index (χ4v) is 5.43. The van der Waals surface area contributed by atoms with Gasteiger partial charge in [0.05, 0.1) is 5.92 Å². The second-order valence-corrected chi connectivity index (χ2v) is 8.87. The smallest absolute Gasteiger partial charge is 0.308 e. The van der Waals surface area contributed by atoms with Gasteiger partial charge in [-0.25, -0.2) is 16.8 Å². The molecule has 0 spiro atoms. The second-order valence-electron chi connectivity index (χ2n) is 4.39. The van der Waals surface area contributed by atoms with Crippen molar-refractivity contribution in [3.63, 3.8) is 0 Å². The quantitative estimate of drug-likeness (QED) is 0.707. The van der Waals surface area contributed by atoms with E-state index in [0.29, 0.717) is 0 Å². The summed E-state index contributed by atoms with van der Waals surface area (Å²) in [5, 5.41) is 7.89. The van der Waals surface area contributed by atoms with E-state index in [-0.39, 0.29) is 19.0 Å². The van der Waals surface area contributed by atoms with Crippen molar-refractivity contribution in [1.29, 1.82) is 0 Å². The summed E-state index contributed by atoms with van der Waals surface area (Å²) in [5.41, 5.74) is 0. The molecular weight excluding hydrogens is 270 g/mol. The molecule has 1 heterocycles. The van der Waals surface area contributed by atoms with Crippen molar-refractivity contribution in [1.82, 2.24) is 4.31 Å². The van der Waals surface area contributed by atoms with E-state index < -0.39 is 36.8 Å². The van der Waals surface area contributed by atoms with Crippen molar-refractivity contribution >= 4 is 25.8 Å². The van der Waals surface area contributed by atoms with E-state index >= 15 is 0 Å². The zero-order valence-electron chi connectivity index (χ0n) is 9.53. The van der Waals surface area contributed by atoms with Crippen LogP contribution in [0, 0.1) is 11.8 Å². The summed E-state index contributed by atoms with van der Waals surface area (Å²) in [5.74, 6) is -2.15. The molecule has 1 N–H and O–H groups in total. The normalized spacial score (nSPS) is 27.2. The fourth-order valence-electron chi connectivity index (χ4n) is 1.82. The number of aliphatic carboxylic acids is 1. The van der Waals surface area contributed by atoms with Gasteiger partial charge < -0.3 is 5.11 Å². The van der Waals surface area contributed by atoms with Crippen LogP contribution in [0.5, 0.6) is 0 Å². The van der Waals surface area contributed by atoms with Crippen LogP contribution >= 0.6 is 0 Å². The van der Waals surface area contributed by atoms with E-state index in [4.69, 9.17) is 5.11 Å². The molecule has 100 valence electrons. The summed E-state index contributed by atoms with van der Waals surface area (Å²) < 4.78 is 46.3. The van der Waals surface area contributed by atoms with Crippen LogP contribution in [0.3, 0.4) is 0 Å².